The van der Waals surface area contributed by atoms with Crippen molar-refractivity contribution in [2.75, 3.05) is 5.32 Å². The molecule has 0 aliphatic carbocycles. The molecule has 0 radical (unpaired) electrons. The van der Waals surface area contributed by atoms with Crippen LogP contribution >= 0.6 is 0 Å². The number of aryl methyl sites for hydroxylation is 1. The average Bonchev–Trinajstić information content (AvgIpc) is 3.06. The number of carbonyl (C=O) groups excluding carboxylic acids is 1. The van der Waals surface area contributed by atoms with Gasteiger partial charge in [-0.3, -0.25) is 9.48 Å². The van der Waals surface area contributed by atoms with E-state index in [4.69, 9.17) is 0 Å². The molecule has 1 aromatic heterocycles. The molecule has 1 amide bonds. The summed E-state index contributed by atoms with van der Waals surface area (Å²) >= 11 is 0. The lowest BCUT2D eigenvalue weighted by atomic mass is 10.1. The highest BCUT2D eigenvalue weighted by molar-refractivity contribution is 6.04. The van der Waals surface area contributed by atoms with Crippen LogP contribution in [0.3, 0.4) is 0 Å². The Bertz CT molecular complexity index is 1010. The highest BCUT2D eigenvalue weighted by Gasteiger charge is 2.35. The van der Waals surface area contributed by atoms with E-state index in [2.05, 4.69) is 10.4 Å². The van der Waals surface area contributed by atoms with Gasteiger partial charge in [0.25, 0.3) is 5.91 Å². The Hall–Kier alpha value is -3.23. The number of hydrogen-bond donors (Lipinski definition) is 1. The SMILES string of the molecule is CC.Cn1nc(C(F)(F)F)cc1-c1ccc(NC(=O)c2ccccc2F)cc1F. The maximum Gasteiger partial charge on any atom is 0.435 e. The Morgan fingerprint density at radius 2 is 1.66 bits per heavy atom. The summed E-state index contributed by atoms with van der Waals surface area (Å²) in [6.45, 7) is 4.00. The van der Waals surface area contributed by atoms with Crippen LogP contribution in [-0.2, 0) is 13.2 Å². The summed E-state index contributed by atoms with van der Waals surface area (Å²) in [5.74, 6) is -2.38. The van der Waals surface area contributed by atoms with Crippen molar-refractivity contribution >= 4 is 11.6 Å². The van der Waals surface area contributed by atoms with Gasteiger partial charge in [0.2, 0.25) is 0 Å². The third kappa shape index (κ3) is 4.98. The van der Waals surface area contributed by atoms with Crippen molar-refractivity contribution in [2.24, 2.45) is 7.05 Å². The Morgan fingerprint density at radius 3 is 2.21 bits per heavy atom. The van der Waals surface area contributed by atoms with E-state index >= 15 is 0 Å². The fraction of sp³-hybridized carbons (Fsp3) is 0.200. The van der Waals surface area contributed by atoms with Crippen LogP contribution in [-0.4, -0.2) is 15.7 Å². The summed E-state index contributed by atoms with van der Waals surface area (Å²) < 4.78 is 67.2. The molecular formula is C20H18F5N3O. The number of aromatic nitrogens is 2. The second kappa shape index (κ2) is 8.85. The molecule has 0 aliphatic heterocycles. The van der Waals surface area contributed by atoms with Gasteiger partial charge >= 0.3 is 6.18 Å². The van der Waals surface area contributed by atoms with Gasteiger partial charge in [-0.25, -0.2) is 8.78 Å². The zero-order valence-electron chi connectivity index (χ0n) is 15.8. The van der Waals surface area contributed by atoms with Gasteiger partial charge in [-0.15, -0.1) is 0 Å². The third-order valence-electron chi connectivity index (χ3n) is 3.79. The van der Waals surface area contributed by atoms with Crippen LogP contribution in [0.2, 0.25) is 0 Å². The van der Waals surface area contributed by atoms with Crippen molar-refractivity contribution in [1.82, 2.24) is 9.78 Å². The van der Waals surface area contributed by atoms with Crippen LogP contribution in [0.1, 0.15) is 29.9 Å². The molecule has 2 aromatic carbocycles. The van der Waals surface area contributed by atoms with E-state index in [1.807, 2.05) is 13.8 Å². The Kier molecular flexibility index (Phi) is 6.73. The first kappa shape index (κ1) is 22.1. The minimum absolute atomic E-state index is 0.0303. The summed E-state index contributed by atoms with van der Waals surface area (Å²) in [5, 5.41) is 5.67. The van der Waals surface area contributed by atoms with Gasteiger partial charge in [-0.2, -0.15) is 18.3 Å². The largest absolute Gasteiger partial charge is 0.435 e. The molecule has 154 valence electrons. The molecule has 0 saturated heterocycles. The van der Waals surface area contributed by atoms with Gasteiger partial charge in [0.1, 0.15) is 11.6 Å². The molecule has 0 atom stereocenters. The number of carbonyl (C=O) groups is 1. The number of amides is 1. The van der Waals surface area contributed by atoms with Gasteiger partial charge < -0.3 is 5.32 Å². The van der Waals surface area contributed by atoms with E-state index in [0.29, 0.717) is 0 Å². The predicted molar refractivity (Wildman–Crippen MR) is 99.3 cm³/mol. The fourth-order valence-electron chi connectivity index (χ4n) is 2.50. The molecule has 0 aliphatic rings. The van der Waals surface area contributed by atoms with E-state index in [9.17, 15) is 26.7 Å². The number of benzene rings is 2. The Balaban J connectivity index is 0.00000145. The molecule has 3 rings (SSSR count). The summed E-state index contributed by atoms with van der Waals surface area (Å²) in [4.78, 5) is 12.1. The molecule has 1 heterocycles. The molecule has 3 aromatic rings. The van der Waals surface area contributed by atoms with Gasteiger partial charge in [-0.05, 0) is 36.4 Å². The van der Waals surface area contributed by atoms with Gasteiger partial charge in [0, 0.05) is 18.3 Å². The van der Waals surface area contributed by atoms with Gasteiger partial charge in [0.15, 0.2) is 5.69 Å². The van der Waals surface area contributed by atoms with Crippen molar-refractivity contribution in [3.63, 3.8) is 0 Å². The molecule has 0 bridgehead atoms. The maximum absolute atomic E-state index is 14.4. The number of nitrogens with one attached hydrogen (secondary N) is 1. The zero-order valence-corrected chi connectivity index (χ0v) is 15.8. The number of hydrogen-bond acceptors (Lipinski definition) is 2. The van der Waals surface area contributed by atoms with Crippen LogP contribution in [0.25, 0.3) is 11.3 Å². The van der Waals surface area contributed by atoms with Crippen LogP contribution in [0.15, 0.2) is 48.5 Å². The molecule has 29 heavy (non-hydrogen) atoms. The van der Waals surface area contributed by atoms with Crippen LogP contribution < -0.4 is 5.32 Å². The van der Waals surface area contributed by atoms with Crippen LogP contribution in [0.5, 0.6) is 0 Å². The highest BCUT2D eigenvalue weighted by atomic mass is 19.4. The van der Waals surface area contributed by atoms with E-state index in [1.54, 1.807) is 0 Å². The molecule has 1 N–H and O–H groups in total. The van der Waals surface area contributed by atoms with E-state index in [0.717, 1.165) is 22.9 Å². The molecule has 0 spiro atoms. The van der Waals surface area contributed by atoms with Crippen LogP contribution in [0.4, 0.5) is 27.6 Å². The Morgan fingerprint density at radius 1 is 1.00 bits per heavy atom. The molecule has 0 unspecified atom stereocenters. The quantitative estimate of drug-likeness (QED) is 0.565. The molecular weight excluding hydrogens is 393 g/mol. The van der Waals surface area contributed by atoms with E-state index in [-0.39, 0.29) is 22.5 Å². The topological polar surface area (TPSA) is 46.9 Å². The summed E-state index contributed by atoms with van der Waals surface area (Å²) in [6.07, 6.45) is -4.65. The first-order chi connectivity index (χ1) is 13.7. The lowest BCUT2D eigenvalue weighted by molar-refractivity contribution is -0.141. The number of rotatable bonds is 3. The normalized spacial score (nSPS) is 10.9. The second-order valence-electron chi connectivity index (χ2n) is 5.66. The van der Waals surface area contributed by atoms with Crippen molar-refractivity contribution in [3.8, 4) is 11.3 Å². The number of nitrogens with zero attached hydrogens (tertiary/aromatic N) is 2. The van der Waals surface area contributed by atoms with Crippen molar-refractivity contribution in [2.45, 2.75) is 20.0 Å². The number of anilines is 1. The average molecular weight is 411 g/mol. The summed E-state index contributed by atoms with van der Waals surface area (Å²) in [5.41, 5.74) is -1.53. The van der Waals surface area contributed by atoms with Gasteiger partial charge in [0.05, 0.1) is 11.3 Å². The first-order valence-electron chi connectivity index (χ1n) is 8.64. The minimum atomic E-state index is -4.65. The third-order valence-corrected chi connectivity index (χ3v) is 3.79. The smallest absolute Gasteiger partial charge is 0.322 e. The van der Waals surface area contributed by atoms with Crippen molar-refractivity contribution in [1.29, 1.82) is 0 Å². The standard InChI is InChI=1S/C18H12F5N3O.C2H6/c1-26-15(9-16(25-26)18(21,22)23)11-7-6-10(8-14(11)20)24-17(27)12-4-2-3-5-13(12)19;1-2/h2-9H,1H3,(H,24,27);1-2H3. The second-order valence-corrected chi connectivity index (χ2v) is 5.66. The lowest BCUT2D eigenvalue weighted by Crippen LogP contribution is -2.13. The fourth-order valence-corrected chi connectivity index (χ4v) is 2.50. The molecule has 4 nitrogen and oxygen atoms in total. The maximum atomic E-state index is 14.4. The number of halogens is 5. The molecule has 0 fully saturated rings. The molecule has 9 heteroatoms. The zero-order chi connectivity index (χ0) is 21.8. The van der Waals surface area contributed by atoms with E-state index in [1.165, 1.54) is 37.4 Å². The van der Waals surface area contributed by atoms with Crippen LogP contribution in [0, 0.1) is 11.6 Å². The number of alkyl halides is 3. The first-order valence-corrected chi connectivity index (χ1v) is 8.64. The minimum Gasteiger partial charge on any atom is -0.322 e. The summed E-state index contributed by atoms with van der Waals surface area (Å²) in [7, 11) is 1.26. The van der Waals surface area contributed by atoms with Gasteiger partial charge in [-0.1, -0.05) is 26.0 Å². The molecule has 0 saturated carbocycles. The van der Waals surface area contributed by atoms with Crippen molar-refractivity contribution in [3.05, 3.63) is 71.4 Å². The summed E-state index contributed by atoms with van der Waals surface area (Å²) in [6, 6.07) is 9.46. The Labute approximate surface area is 164 Å². The van der Waals surface area contributed by atoms with E-state index < -0.39 is 29.4 Å². The monoisotopic (exact) mass is 411 g/mol. The predicted octanol–water partition coefficient (Wildman–Crippen LogP) is 5.66. The highest BCUT2D eigenvalue weighted by Crippen LogP contribution is 2.32. The lowest BCUT2D eigenvalue weighted by Gasteiger charge is -2.09. The van der Waals surface area contributed by atoms with Crippen molar-refractivity contribution < 1.29 is 26.7 Å².